The van der Waals surface area contributed by atoms with Gasteiger partial charge in [-0.2, -0.15) is 4.31 Å². The van der Waals surface area contributed by atoms with Crippen molar-refractivity contribution >= 4 is 26.8 Å². The molecule has 1 saturated heterocycles. The summed E-state index contributed by atoms with van der Waals surface area (Å²) in [5, 5.41) is 3.31. The Hall–Kier alpha value is -2.19. The number of hydrogen-bond acceptors (Lipinski definition) is 4. The first-order valence-corrected chi connectivity index (χ1v) is 10.8. The fraction of sp³-hybridized carbons (Fsp3) is 0.474. The second-order valence-corrected chi connectivity index (χ2v) is 9.53. The molecule has 2 N–H and O–H groups in total. The molecule has 1 aromatic heterocycles. The van der Waals surface area contributed by atoms with Gasteiger partial charge in [0.15, 0.2) is 0 Å². The third kappa shape index (κ3) is 3.64. The molecule has 2 aromatic rings. The van der Waals surface area contributed by atoms with E-state index in [1.54, 1.807) is 6.07 Å². The monoisotopic (exact) mass is 389 g/mol. The molecule has 0 unspecified atom stereocenters. The molecule has 0 spiro atoms. The predicted octanol–water partition coefficient (Wildman–Crippen LogP) is 1.84. The molecule has 1 aromatic carbocycles. The number of carbonyl (C=O) groups excluding carboxylic acids is 1. The number of H-pyrrole nitrogens is 1. The van der Waals surface area contributed by atoms with Gasteiger partial charge in [0.05, 0.1) is 10.5 Å². The standard InChI is InChI=1S/C19H23N3O4S/c1-12-6-8-22(9-7-12)27(25,26)14-4-5-17-15(10-14)16(11-18(23)21-17)19(24)20-13-2-3-13/h4-5,10-13H,2-3,6-9H2,1H3,(H,20,24)(H,21,23). The fourth-order valence-electron chi connectivity index (χ4n) is 3.45. The third-order valence-electron chi connectivity index (χ3n) is 5.35. The summed E-state index contributed by atoms with van der Waals surface area (Å²) < 4.78 is 27.6. The lowest BCUT2D eigenvalue weighted by Gasteiger charge is -2.29. The van der Waals surface area contributed by atoms with Crippen LogP contribution in [0, 0.1) is 5.92 Å². The Kier molecular flexibility index (Phi) is 4.55. The van der Waals surface area contributed by atoms with E-state index in [1.807, 2.05) is 0 Å². The predicted molar refractivity (Wildman–Crippen MR) is 102 cm³/mol. The van der Waals surface area contributed by atoms with Gasteiger partial charge in [0, 0.05) is 36.1 Å². The lowest BCUT2D eigenvalue weighted by molar-refractivity contribution is 0.0952. The average molecular weight is 389 g/mol. The molecule has 1 amide bonds. The van der Waals surface area contributed by atoms with E-state index < -0.39 is 10.0 Å². The second kappa shape index (κ2) is 6.76. The number of benzene rings is 1. The van der Waals surface area contributed by atoms with Crippen molar-refractivity contribution in [2.24, 2.45) is 5.92 Å². The highest BCUT2D eigenvalue weighted by atomic mass is 32.2. The van der Waals surface area contributed by atoms with Crippen LogP contribution in [0.25, 0.3) is 10.9 Å². The van der Waals surface area contributed by atoms with Gasteiger partial charge in [-0.25, -0.2) is 8.42 Å². The van der Waals surface area contributed by atoms with Crippen LogP contribution < -0.4 is 10.9 Å². The zero-order chi connectivity index (χ0) is 19.2. The van der Waals surface area contributed by atoms with E-state index >= 15 is 0 Å². The number of nitrogens with zero attached hydrogens (tertiary/aromatic N) is 1. The molecule has 0 radical (unpaired) electrons. The van der Waals surface area contributed by atoms with E-state index in [-0.39, 0.29) is 28.0 Å². The van der Waals surface area contributed by atoms with Crippen LogP contribution in [0.1, 0.15) is 43.0 Å². The number of hydrogen-bond donors (Lipinski definition) is 2. The topological polar surface area (TPSA) is 99.3 Å². The number of rotatable bonds is 4. The minimum Gasteiger partial charge on any atom is -0.349 e. The Morgan fingerprint density at radius 2 is 1.85 bits per heavy atom. The van der Waals surface area contributed by atoms with Gasteiger partial charge in [-0.05, 0) is 49.8 Å². The van der Waals surface area contributed by atoms with Crippen molar-refractivity contribution in [3.63, 3.8) is 0 Å². The van der Waals surface area contributed by atoms with Gasteiger partial charge in [-0.15, -0.1) is 0 Å². The van der Waals surface area contributed by atoms with Gasteiger partial charge in [0.2, 0.25) is 15.6 Å². The number of piperidine rings is 1. The van der Waals surface area contributed by atoms with E-state index in [2.05, 4.69) is 17.2 Å². The summed E-state index contributed by atoms with van der Waals surface area (Å²) in [6, 6.07) is 5.94. The highest BCUT2D eigenvalue weighted by Crippen LogP contribution is 2.27. The average Bonchev–Trinajstić information content (AvgIpc) is 3.44. The molecule has 4 rings (SSSR count). The lowest BCUT2D eigenvalue weighted by atomic mass is 10.0. The zero-order valence-electron chi connectivity index (χ0n) is 15.2. The molecule has 8 heteroatoms. The molecule has 7 nitrogen and oxygen atoms in total. The van der Waals surface area contributed by atoms with Crippen LogP contribution in [0.15, 0.2) is 34.0 Å². The summed E-state index contributed by atoms with van der Waals surface area (Å²) in [6.45, 7) is 3.13. The maximum absolute atomic E-state index is 13.0. The zero-order valence-corrected chi connectivity index (χ0v) is 16.0. The summed E-state index contributed by atoms with van der Waals surface area (Å²) in [6.07, 6.45) is 3.55. The summed E-state index contributed by atoms with van der Waals surface area (Å²) in [4.78, 5) is 27.3. The van der Waals surface area contributed by atoms with Crippen LogP contribution in [0.5, 0.6) is 0 Å². The third-order valence-corrected chi connectivity index (χ3v) is 7.25. The second-order valence-electron chi connectivity index (χ2n) is 7.59. The van der Waals surface area contributed by atoms with Gasteiger partial charge in [0.25, 0.3) is 5.91 Å². The lowest BCUT2D eigenvalue weighted by Crippen LogP contribution is -2.37. The van der Waals surface area contributed by atoms with Gasteiger partial charge in [0.1, 0.15) is 0 Å². The molecule has 0 atom stereocenters. The minimum absolute atomic E-state index is 0.147. The van der Waals surface area contributed by atoms with Gasteiger partial charge >= 0.3 is 0 Å². The van der Waals surface area contributed by atoms with Crippen molar-refractivity contribution in [2.75, 3.05) is 13.1 Å². The number of carbonyl (C=O) groups is 1. The van der Waals surface area contributed by atoms with Crippen LogP contribution in [-0.4, -0.2) is 42.7 Å². The van der Waals surface area contributed by atoms with Crippen molar-refractivity contribution in [1.29, 1.82) is 0 Å². The number of amides is 1. The number of pyridine rings is 1. The van der Waals surface area contributed by atoms with E-state index in [0.717, 1.165) is 25.7 Å². The van der Waals surface area contributed by atoms with Crippen molar-refractivity contribution in [3.8, 4) is 0 Å². The van der Waals surface area contributed by atoms with E-state index in [1.165, 1.54) is 22.5 Å². The highest BCUT2D eigenvalue weighted by molar-refractivity contribution is 7.89. The van der Waals surface area contributed by atoms with Gasteiger partial charge in [-0.1, -0.05) is 6.92 Å². The Morgan fingerprint density at radius 1 is 1.15 bits per heavy atom. The Morgan fingerprint density at radius 3 is 2.52 bits per heavy atom. The molecule has 2 aliphatic rings. The van der Waals surface area contributed by atoms with Crippen LogP contribution in [0.4, 0.5) is 0 Å². The molecule has 1 aliphatic heterocycles. The first-order valence-electron chi connectivity index (χ1n) is 9.33. The maximum atomic E-state index is 13.0. The van der Waals surface area contributed by atoms with Crippen molar-refractivity contribution in [3.05, 3.63) is 40.2 Å². The van der Waals surface area contributed by atoms with Crippen LogP contribution in [0.3, 0.4) is 0 Å². The summed E-state index contributed by atoms with van der Waals surface area (Å²) in [5.74, 6) is 0.186. The Balaban J connectivity index is 1.75. The van der Waals surface area contributed by atoms with Crippen molar-refractivity contribution in [1.82, 2.24) is 14.6 Å². The molecular formula is C19H23N3O4S. The largest absolute Gasteiger partial charge is 0.349 e. The normalized spacial score (nSPS) is 19.3. The summed E-state index contributed by atoms with van der Waals surface area (Å²) in [5.41, 5.74) is 0.281. The van der Waals surface area contributed by atoms with Crippen LogP contribution >= 0.6 is 0 Å². The van der Waals surface area contributed by atoms with Crippen molar-refractivity contribution < 1.29 is 13.2 Å². The van der Waals surface area contributed by atoms with Crippen LogP contribution in [0.2, 0.25) is 0 Å². The van der Waals surface area contributed by atoms with Gasteiger partial charge < -0.3 is 10.3 Å². The molecule has 2 heterocycles. The molecular weight excluding hydrogens is 366 g/mol. The number of fused-ring (bicyclic) bond motifs is 1. The van der Waals surface area contributed by atoms with Crippen molar-refractivity contribution in [2.45, 2.75) is 43.5 Å². The SMILES string of the molecule is CC1CCN(S(=O)(=O)c2ccc3[nH]c(=O)cc(C(=O)NC4CC4)c3c2)CC1. The highest BCUT2D eigenvalue weighted by Gasteiger charge is 2.29. The Labute approximate surface area is 157 Å². The molecule has 144 valence electrons. The summed E-state index contributed by atoms with van der Waals surface area (Å²) in [7, 11) is -3.63. The smallest absolute Gasteiger partial charge is 0.252 e. The van der Waals surface area contributed by atoms with E-state index in [0.29, 0.717) is 29.9 Å². The summed E-state index contributed by atoms with van der Waals surface area (Å²) >= 11 is 0. The maximum Gasteiger partial charge on any atom is 0.252 e. The quantitative estimate of drug-likeness (QED) is 0.833. The van der Waals surface area contributed by atoms with Crippen LogP contribution in [-0.2, 0) is 10.0 Å². The van der Waals surface area contributed by atoms with E-state index in [4.69, 9.17) is 0 Å². The molecule has 0 bridgehead atoms. The first kappa shape index (κ1) is 18.2. The fourth-order valence-corrected chi connectivity index (χ4v) is 4.94. The molecule has 1 saturated carbocycles. The molecule has 27 heavy (non-hydrogen) atoms. The number of aromatic nitrogens is 1. The number of nitrogens with one attached hydrogen (secondary N) is 2. The minimum atomic E-state index is -3.63. The number of sulfonamides is 1. The Bertz CT molecular complexity index is 1050. The molecule has 1 aliphatic carbocycles. The van der Waals surface area contributed by atoms with E-state index in [9.17, 15) is 18.0 Å². The van der Waals surface area contributed by atoms with Gasteiger partial charge in [-0.3, -0.25) is 9.59 Å². The molecule has 2 fully saturated rings. The number of aromatic amines is 1. The first-order chi connectivity index (χ1) is 12.8.